The third-order valence-electron chi connectivity index (χ3n) is 8.54. The van der Waals surface area contributed by atoms with E-state index in [1.54, 1.807) is 0 Å². The highest BCUT2D eigenvalue weighted by Gasteiger charge is 2.39. The fourth-order valence-electron chi connectivity index (χ4n) is 6.72. The van der Waals surface area contributed by atoms with Crippen LogP contribution in [0.2, 0.25) is 0 Å². The van der Waals surface area contributed by atoms with Crippen molar-refractivity contribution in [3.05, 3.63) is 146 Å². The summed E-state index contributed by atoms with van der Waals surface area (Å²) in [6.07, 6.45) is 0. The zero-order chi connectivity index (χ0) is 27.8. The highest BCUT2D eigenvalue weighted by atomic mass is 31.2. The first-order chi connectivity index (χ1) is 20.7. The van der Waals surface area contributed by atoms with Crippen LogP contribution in [0.5, 0.6) is 0 Å². The summed E-state index contributed by atoms with van der Waals surface area (Å²) in [7, 11) is -3.09. The Bertz CT molecular complexity index is 2330. The molecule has 198 valence electrons. The Morgan fingerprint density at radius 2 is 1.14 bits per heavy atom. The summed E-state index contributed by atoms with van der Waals surface area (Å²) in [6, 6.07) is 49.7. The predicted octanol–water partition coefficient (Wildman–Crippen LogP) is 7.74. The molecule has 1 aliphatic heterocycles. The largest absolute Gasteiger partial charge is 0.309 e. The molecule has 0 aliphatic carbocycles. The zero-order valence-electron chi connectivity index (χ0n) is 22.6. The molecule has 0 radical (unpaired) electrons. The Hall–Kier alpha value is -5.18. The molecule has 1 unspecified atom stereocenters. The molecule has 0 spiro atoms. The van der Waals surface area contributed by atoms with Gasteiger partial charge < -0.3 is 9.13 Å². The third-order valence-corrected chi connectivity index (χ3v) is 11.7. The van der Waals surface area contributed by atoms with Crippen molar-refractivity contribution < 1.29 is 4.57 Å². The summed E-state index contributed by atoms with van der Waals surface area (Å²) >= 11 is 0. The molecule has 5 heteroatoms. The molecule has 9 rings (SSSR count). The third kappa shape index (κ3) is 3.07. The van der Waals surface area contributed by atoms with Crippen molar-refractivity contribution in [3.63, 3.8) is 0 Å². The van der Waals surface area contributed by atoms with Crippen molar-refractivity contribution in [1.82, 2.24) is 14.1 Å². The number of aromatic nitrogens is 3. The first-order valence-corrected chi connectivity index (χ1v) is 15.8. The molecule has 6 aromatic carbocycles. The standard InChI is InChI=1S/C37H24N3OP/c41-42(27-11-2-1-3-12-27)34-19-9-8-18-33(34)40-36-30(15-10-20-35(36)42)38-37(40)25-21-23-26(24-22-25)39-31-16-6-4-13-28(31)29-14-5-7-17-32(29)39/h1-24H. The highest BCUT2D eigenvalue weighted by molar-refractivity contribution is 7.86. The highest BCUT2D eigenvalue weighted by Crippen LogP contribution is 2.50. The molecule has 3 heterocycles. The van der Waals surface area contributed by atoms with Gasteiger partial charge >= 0.3 is 0 Å². The van der Waals surface area contributed by atoms with Crippen molar-refractivity contribution in [2.45, 2.75) is 0 Å². The van der Waals surface area contributed by atoms with Crippen LogP contribution in [0.3, 0.4) is 0 Å². The molecule has 1 aliphatic rings. The molecule has 0 N–H and O–H groups in total. The summed E-state index contributed by atoms with van der Waals surface area (Å²) in [5.41, 5.74) is 7.16. The van der Waals surface area contributed by atoms with E-state index in [0.717, 1.165) is 49.7 Å². The van der Waals surface area contributed by atoms with Crippen molar-refractivity contribution in [2.24, 2.45) is 0 Å². The average Bonchev–Trinajstić information content (AvgIpc) is 3.61. The minimum atomic E-state index is -3.09. The van der Waals surface area contributed by atoms with Gasteiger partial charge in [0.1, 0.15) is 5.82 Å². The van der Waals surface area contributed by atoms with Crippen molar-refractivity contribution in [2.75, 3.05) is 0 Å². The predicted molar refractivity (Wildman–Crippen MR) is 174 cm³/mol. The maximum Gasteiger partial charge on any atom is 0.175 e. The lowest BCUT2D eigenvalue weighted by atomic mass is 10.1. The monoisotopic (exact) mass is 557 g/mol. The van der Waals surface area contributed by atoms with Crippen LogP contribution in [0, 0.1) is 0 Å². The van der Waals surface area contributed by atoms with Gasteiger partial charge in [-0.3, -0.25) is 4.57 Å². The van der Waals surface area contributed by atoms with E-state index in [0.29, 0.717) is 0 Å². The van der Waals surface area contributed by atoms with E-state index in [-0.39, 0.29) is 0 Å². The van der Waals surface area contributed by atoms with E-state index in [2.05, 4.69) is 88.0 Å². The van der Waals surface area contributed by atoms with Crippen molar-refractivity contribution >= 4 is 55.9 Å². The van der Waals surface area contributed by atoms with Crippen molar-refractivity contribution in [3.8, 4) is 22.8 Å². The second-order valence-electron chi connectivity index (χ2n) is 10.8. The number of hydrogen-bond acceptors (Lipinski definition) is 2. The normalized spacial score (nSPS) is 15.8. The molecule has 0 bridgehead atoms. The van der Waals surface area contributed by atoms with E-state index in [4.69, 9.17) is 4.98 Å². The Balaban J connectivity index is 1.27. The summed E-state index contributed by atoms with van der Waals surface area (Å²) in [5, 5.41) is 5.01. The zero-order valence-corrected chi connectivity index (χ0v) is 23.4. The van der Waals surface area contributed by atoms with E-state index < -0.39 is 7.14 Å². The number of fused-ring (bicyclic) bond motifs is 5. The first-order valence-electron chi connectivity index (χ1n) is 14.1. The van der Waals surface area contributed by atoms with E-state index in [1.165, 1.54) is 21.8 Å². The topological polar surface area (TPSA) is 39.8 Å². The maximum absolute atomic E-state index is 15.2. The van der Waals surface area contributed by atoms with E-state index in [9.17, 15) is 0 Å². The molecule has 0 fully saturated rings. The molecular weight excluding hydrogens is 533 g/mol. The fraction of sp³-hybridized carbons (Fsp3) is 0. The van der Waals surface area contributed by atoms with Gasteiger partial charge in [-0.25, -0.2) is 4.98 Å². The number of benzene rings is 6. The minimum absolute atomic E-state index is 0.838. The molecule has 42 heavy (non-hydrogen) atoms. The second kappa shape index (κ2) is 8.66. The van der Waals surface area contributed by atoms with Gasteiger partial charge in [-0.1, -0.05) is 84.9 Å². The van der Waals surface area contributed by atoms with Crippen molar-refractivity contribution in [1.29, 1.82) is 0 Å². The fourth-order valence-corrected chi connectivity index (χ4v) is 9.73. The van der Waals surface area contributed by atoms with E-state index >= 15 is 4.57 Å². The lowest BCUT2D eigenvalue weighted by molar-refractivity contribution is 0.592. The molecule has 4 nitrogen and oxygen atoms in total. The Morgan fingerprint density at radius 3 is 1.88 bits per heavy atom. The molecule has 8 aromatic rings. The van der Waals surface area contributed by atoms with Gasteiger partial charge in [0.25, 0.3) is 0 Å². The quantitative estimate of drug-likeness (QED) is 0.209. The second-order valence-corrected chi connectivity index (χ2v) is 13.5. The summed E-state index contributed by atoms with van der Waals surface area (Å²) in [6.45, 7) is 0. The van der Waals surface area contributed by atoms with Crippen LogP contribution in [0.25, 0.3) is 55.6 Å². The number of imidazole rings is 1. The van der Waals surface area contributed by atoms with Crippen LogP contribution in [0.4, 0.5) is 0 Å². The maximum atomic E-state index is 15.2. The SMILES string of the molecule is O=P1(c2ccccc2)c2ccccc2-n2c(-c3ccc(-n4c5ccccc5c5ccccc54)cc3)nc3cccc1c32. The first kappa shape index (κ1) is 23.5. The van der Waals surface area contributed by atoms with Gasteiger partial charge in [0.2, 0.25) is 0 Å². The number of nitrogens with zero attached hydrogens (tertiary/aromatic N) is 3. The minimum Gasteiger partial charge on any atom is -0.309 e. The van der Waals surface area contributed by atoms with Gasteiger partial charge in [-0.15, -0.1) is 0 Å². The Labute approximate surface area is 242 Å². The molecule has 0 amide bonds. The van der Waals surface area contributed by atoms with Gasteiger partial charge in [0, 0.05) is 37.9 Å². The van der Waals surface area contributed by atoms with Gasteiger partial charge in [0.15, 0.2) is 7.14 Å². The van der Waals surface area contributed by atoms with Gasteiger partial charge in [0.05, 0.1) is 27.8 Å². The summed E-state index contributed by atoms with van der Waals surface area (Å²) in [5.74, 6) is 0.845. The Kier molecular flexibility index (Phi) is 4.85. The smallest absolute Gasteiger partial charge is 0.175 e. The van der Waals surface area contributed by atoms with Gasteiger partial charge in [-0.2, -0.15) is 0 Å². The molecule has 0 saturated carbocycles. The number of rotatable bonds is 3. The molecule has 0 saturated heterocycles. The summed E-state index contributed by atoms with van der Waals surface area (Å²) < 4.78 is 19.7. The lowest BCUT2D eigenvalue weighted by Gasteiger charge is -2.29. The molecular formula is C37H24N3OP. The molecule has 1 atom stereocenters. The van der Waals surface area contributed by atoms with Gasteiger partial charge in [-0.05, 0) is 60.7 Å². The number of hydrogen-bond donors (Lipinski definition) is 0. The van der Waals surface area contributed by atoms with Crippen LogP contribution < -0.4 is 15.9 Å². The average molecular weight is 558 g/mol. The molecule has 2 aromatic heterocycles. The van der Waals surface area contributed by atoms with Crippen LogP contribution in [-0.2, 0) is 4.57 Å². The lowest BCUT2D eigenvalue weighted by Crippen LogP contribution is -2.32. The number of para-hydroxylation sites is 4. The van der Waals surface area contributed by atoms with E-state index in [1.807, 2.05) is 66.7 Å². The van der Waals surface area contributed by atoms with Crippen LogP contribution >= 0.6 is 7.14 Å². The van der Waals surface area contributed by atoms with Crippen LogP contribution in [0.15, 0.2) is 146 Å². The van der Waals surface area contributed by atoms with Crippen LogP contribution in [-0.4, -0.2) is 14.1 Å². The Morgan fingerprint density at radius 1 is 0.524 bits per heavy atom. The van der Waals surface area contributed by atoms with Crippen LogP contribution in [0.1, 0.15) is 0 Å². The summed E-state index contributed by atoms with van der Waals surface area (Å²) in [4.78, 5) is 5.14.